The molecular formula is C32H48N4O. The highest BCUT2D eigenvalue weighted by Gasteiger charge is 2.19. The van der Waals surface area contributed by atoms with E-state index in [-0.39, 0.29) is 6.04 Å². The average Bonchev–Trinajstić information content (AvgIpc) is 2.84. The summed E-state index contributed by atoms with van der Waals surface area (Å²) in [5.41, 5.74) is 10.2. The minimum Gasteiger partial charge on any atom is -0.382 e. The molecule has 0 radical (unpaired) electrons. The summed E-state index contributed by atoms with van der Waals surface area (Å²) < 4.78 is 0. The monoisotopic (exact) mass is 504 g/mol. The van der Waals surface area contributed by atoms with Crippen molar-refractivity contribution < 1.29 is 4.79 Å². The Morgan fingerprint density at radius 1 is 0.838 bits per heavy atom. The third-order valence-corrected chi connectivity index (χ3v) is 5.36. The minimum atomic E-state index is -0.629. The van der Waals surface area contributed by atoms with Crippen LogP contribution >= 0.6 is 0 Å². The molecule has 5 heteroatoms. The van der Waals surface area contributed by atoms with Crippen molar-refractivity contribution in [3.63, 3.8) is 0 Å². The number of hydrogen-bond acceptors (Lipinski definition) is 4. The van der Waals surface area contributed by atoms with Gasteiger partial charge in [0.1, 0.15) is 6.04 Å². The SMILES string of the molecule is C=C(CCc1ccccc1)NC(CC(C)C)C(=C)NCC(=C)NC(C(N)=O)c1ccccc1.CC(C)C. The van der Waals surface area contributed by atoms with Crippen LogP contribution in [0.5, 0.6) is 0 Å². The van der Waals surface area contributed by atoms with Crippen molar-refractivity contribution in [1.29, 1.82) is 0 Å². The number of carbonyl (C=O) groups is 1. The summed E-state index contributed by atoms with van der Waals surface area (Å²) in [4.78, 5) is 11.9. The van der Waals surface area contributed by atoms with Crippen LogP contribution in [0.25, 0.3) is 0 Å². The Balaban J connectivity index is 0.00000159. The van der Waals surface area contributed by atoms with Gasteiger partial charge in [-0.15, -0.1) is 0 Å². The fourth-order valence-electron chi connectivity index (χ4n) is 3.58. The van der Waals surface area contributed by atoms with Gasteiger partial charge in [0.2, 0.25) is 5.91 Å². The molecule has 2 aromatic carbocycles. The van der Waals surface area contributed by atoms with Gasteiger partial charge in [-0.3, -0.25) is 4.79 Å². The van der Waals surface area contributed by atoms with Crippen molar-refractivity contribution in [3.8, 4) is 0 Å². The van der Waals surface area contributed by atoms with Gasteiger partial charge < -0.3 is 21.7 Å². The molecule has 5 N–H and O–H groups in total. The molecule has 0 saturated heterocycles. The molecule has 0 aromatic heterocycles. The maximum atomic E-state index is 11.9. The van der Waals surface area contributed by atoms with Crippen LogP contribution in [0, 0.1) is 11.8 Å². The second-order valence-electron chi connectivity index (χ2n) is 10.5. The van der Waals surface area contributed by atoms with Gasteiger partial charge in [0.25, 0.3) is 0 Å². The zero-order valence-corrected chi connectivity index (χ0v) is 23.5. The van der Waals surface area contributed by atoms with Crippen LogP contribution in [0.4, 0.5) is 0 Å². The Labute approximate surface area is 225 Å². The number of nitrogens with one attached hydrogen (secondary N) is 3. The van der Waals surface area contributed by atoms with Crippen molar-refractivity contribution >= 4 is 5.91 Å². The fraction of sp³-hybridized carbons (Fsp3) is 0.406. The van der Waals surface area contributed by atoms with Gasteiger partial charge in [0, 0.05) is 17.1 Å². The first-order valence-corrected chi connectivity index (χ1v) is 13.2. The van der Waals surface area contributed by atoms with Crippen molar-refractivity contribution in [2.45, 2.75) is 66.0 Å². The van der Waals surface area contributed by atoms with E-state index in [1.807, 2.05) is 36.4 Å². The van der Waals surface area contributed by atoms with Crippen molar-refractivity contribution in [2.75, 3.05) is 6.54 Å². The molecule has 2 aromatic rings. The Hall–Kier alpha value is -3.47. The summed E-state index contributed by atoms with van der Waals surface area (Å²) >= 11 is 0. The lowest BCUT2D eigenvalue weighted by atomic mass is 10.0. The summed E-state index contributed by atoms with van der Waals surface area (Å²) in [5, 5.41) is 10.0. The number of allylic oxidation sites excluding steroid dienone is 1. The topological polar surface area (TPSA) is 79.2 Å². The lowest BCUT2D eigenvalue weighted by Crippen LogP contribution is -2.39. The highest BCUT2D eigenvalue weighted by atomic mass is 16.1. The van der Waals surface area contributed by atoms with E-state index in [9.17, 15) is 4.79 Å². The number of carbonyl (C=O) groups excluding carboxylic acids is 1. The van der Waals surface area contributed by atoms with Crippen LogP contribution in [0.1, 0.15) is 64.6 Å². The molecule has 0 aliphatic rings. The van der Waals surface area contributed by atoms with Crippen LogP contribution in [0.2, 0.25) is 0 Å². The molecule has 0 bridgehead atoms. The predicted octanol–water partition coefficient (Wildman–Crippen LogP) is 6.23. The number of rotatable bonds is 15. The number of nitrogens with two attached hydrogens (primary N) is 1. The molecule has 0 fully saturated rings. The average molecular weight is 505 g/mol. The summed E-state index contributed by atoms with van der Waals surface area (Å²) in [6.07, 6.45) is 2.72. The van der Waals surface area contributed by atoms with E-state index >= 15 is 0 Å². The maximum absolute atomic E-state index is 11.9. The van der Waals surface area contributed by atoms with E-state index in [0.29, 0.717) is 18.2 Å². The van der Waals surface area contributed by atoms with Crippen LogP contribution in [-0.2, 0) is 11.2 Å². The molecule has 0 heterocycles. The van der Waals surface area contributed by atoms with Crippen molar-refractivity contribution in [2.24, 2.45) is 17.6 Å². The molecule has 2 unspecified atom stereocenters. The van der Waals surface area contributed by atoms with Gasteiger partial charge >= 0.3 is 0 Å². The van der Waals surface area contributed by atoms with Crippen LogP contribution in [0.15, 0.2) is 97.5 Å². The summed E-state index contributed by atoms with van der Waals surface area (Å²) in [5.74, 6) is 0.872. The van der Waals surface area contributed by atoms with Crippen LogP contribution in [-0.4, -0.2) is 18.5 Å². The second-order valence-corrected chi connectivity index (χ2v) is 10.5. The molecule has 0 aliphatic carbocycles. The Morgan fingerprint density at radius 2 is 1.38 bits per heavy atom. The number of amides is 1. The van der Waals surface area contributed by atoms with Gasteiger partial charge in [-0.25, -0.2) is 0 Å². The van der Waals surface area contributed by atoms with E-state index in [4.69, 9.17) is 5.73 Å². The van der Waals surface area contributed by atoms with E-state index in [1.165, 1.54) is 5.56 Å². The fourth-order valence-corrected chi connectivity index (χ4v) is 3.58. The van der Waals surface area contributed by atoms with Crippen LogP contribution < -0.4 is 21.7 Å². The normalized spacial score (nSPS) is 12.1. The third-order valence-electron chi connectivity index (χ3n) is 5.36. The van der Waals surface area contributed by atoms with E-state index in [2.05, 4.69) is 94.6 Å². The molecule has 37 heavy (non-hydrogen) atoms. The van der Waals surface area contributed by atoms with Crippen molar-refractivity contribution in [3.05, 3.63) is 109 Å². The van der Waals surface area contributed by atoms with Gasteiger partial charge in [-0.2, -0.15) is 0 Å². The van der Waals surface area contributed by atoms with Gasteiger partial charge in [0.15, 0.2) is 0 Å². The second kappa shape index (κ2) is 17.1. The first-order chi connectivity index (χ1) is 17.5. The molecule has 0 aliphatic heterocycles. The van der Waals surface area contributed by atoms with E-state index in [1.54, 1.807) is 0 Å². The Morgan fingerprint density at radius 3 is 1.89 bits per heavy atom. The highest BCUT2D eigenvalue weighted by molar-refractivity contribution is 5.81. The minimum absolute atomic E-state index is 0.0436. The number of primary amides is 1. The highest BCUT2D eigenvalue weighted by Crippen LogP contribution is 2.15. The molecule has 1 amide bonds. The first kappa shape index (κ1) is 31.6. The van der Waals surface area contributed by atoms with Crippen LogP contribution in [0.3, 0.4) is 0 Å². The number of hydrogen-bond donors (Lipinski definition) is 4. The maximum Gasteiger partial charge on any atom is 0.244 e. The van der Waals surface area contributed by atoms with Gasteiger partial charge in [0.05, 0.1) is 12.6 Å². The largest absolute Gasteiger partial charge is 0.382 e. The van der Waals surface area contributed by atoms with Gasteiger partial charge in [-0.05, 0) is 42.2 Å². The lowest BCUT2D eigenvalue weighted by molar-refractivity contribution is -0.120. The molecule has 2 rings (SSSR count). The van der Waals surface area contributed by atoms with E-state index < -0.39 is 11.9 Å². The number of aryl methyl sites for hydroxylation is 1. The Kier molecular flexibility index (Phi) is 14.6. The molecule has 202 valence electrons. The number of benzene rings is 2. The molecule has 0 saturated carbocycles. The molecule has 0 spiro atoms. The summed E-state index contributed by atoms with van der Waals surface area (Å²) in [6, 6.07) is 19.2. The first-order valence-electron chi connectivity index (χ1n) is 13.2. The zero-order valence-electron chi connectivity index (χ0n) is 23.5. The third kappa shape index (κ3) is 14.0. The smallest absolute Gasteiger partial charge is 0.244 e. The lowest BCUT2D eigenvalue weighted by Gasteiger charge is -2.27. The quantitative estimate of drug-likeness (QED) is 0.232. The Bertz CT molecular complexity index is 964. The van der Waals surface area contributed by atoms with E-state index in [0.717, 1.165) is 42.1 Å². The molecule has 2 atom stereocenters. The standard InChI is InChI=1S/C28H38N4O.C4H10/c1-20(2)18-26(31-21(3)16-17-24-12-8-6-9-13-24)23(5)30-19-22(4)32-27(28(29)33)25-14-10-7-11-15-25;1-4(2)3/h6-15,20,26-27,30-32H,3-5,16-19H2,1-2H3,(H2,29,33);4H,1-3H3. The predicted molar refractivity (Wildman–Crippen MR) is 159 cm³/mol. The van der Waals surface area contributed by atoms with Gasteiger partial charge in [-0.1, -0.05) is 115 Å². The summed E-state index contributed by atoms with van der Waals surface area (Å²) in [6.45, 7) is 23.8. The zero-order chi connectivity index (χ0) is 27.8. The molecular weight excluding hydrogens is 456 g/mol. The summed E-state index contributed by atoms with van der Waals surface area (Å²) in [7, 11) is 0. The van der Waals surface area contributed by atoms with Crippen molar-refractivity contribution in [1.82, 2.24) is 16.0 Å². The molecule has 5 nitrogen and oxygen atoms in total.